The maximum atomic E-state index is 12.5. The Balaban J connectivity index is 1.89. The number of likely N-dealkylation sites (tertiary alicyclic amines) is 1. The fourth-order valence-corrected chi connectivity index (χ4v) is 2.68. The average molecular weight is 304 g/mol. The van der Waals surface area contributed by atoms with Gasteiger partial charge in [-0.15, -0.1) is 0 Å². The van der Waals surface area contributed by atoms with E-state index in [4.69, 9.17) is 4.74 Å². The maximum absolute atomic E-state index is 12.5. The zero-order valence-corrected chi connectivity index (χ0v) is 13.5. The minimum Gasteiger partial charge on any atom is -0.375 e. The Kier molecular flexibility index (Phi) is 5.55. The fraction of sp³-hybridized carbons (Fsp3) is 0.529. The Bertz CT molecular complexity index is 549. The summed E-state index contributed by atoms with van der Waals surface area (Å²) >= 11 is 0. The number of piperidine rings is 1. The average Bonchev–Trinajstić information content (AvgIpc) is 2.50. The van der Waals surface area contributed by atoms with Crippen molar-refractivity contribution in [2.75, 3.05) is 26.8 Å². The molecular weight excluding hydrogens is 280 g/mol. The molecule has 0 radical (unpaired) electrons. The predicted octanol–water partition coefficient (Wildman–Crippen LogP) is 1.67. The third-order valence-electron chi connectivity index (χ3n) is 4.18. The van der Waals surface area contributed by atoms with Crippen molar-refractivity contribution < 1.29 is 14.3 Å². The number of hydrogen-bond donors (Lipinski definition) is 1. The number of nitrogens with zero attached hydrogens (tertiary/aromatic N) is 1. The van der Waals surface area contributed by atoms with Crippen LogP contribution in [0.5, 0.6) is 0 Å². The second-order valence-corrected chi connectivity index (χ2v) is 5.87. The highest BCUT2D eigenvalue weighted by Gasteiger charge is 2.24. The van der Waals surface area contributed by atoms with Crippen molar-refractivity contribution in [3.05, 3.63) is 34.9 Å². The summed E-state index contributed by atoms with van der Waals surface area (Å²) < 4.78 is 4.81. The Morgan fingerprint density at radius 2 is 1.91 bits per heavy atom. The quantitative estimate of drug-likeness (QED) is 0.920. The van der Waals surface area contributed by atoms with Gasteiger partial charge in [0.15, 0.2) is 0 Å². The molecule has 1 aromatic rings. The van der Waals surface area contributed by atoms with Crippen molar-refractivity contribution in [2.24, 2.45) is 0 Å². The van der Waals surface area contributed by atoms with Gasteiger partial charge in [-0.2, -0.15) is 0 Å². The molecule has 0 atom stereocenters. The van der Waals surface area contributed by atoms with Gasteiger partial charge in [0.2, 0.25) is 5.91 Å². The first-order valence-corrected chi connectivity index (χ1v) is 7.66. The summed E-state index contributed by atoms with van der Waals surface area (Å²) in [6.07, 6.45) is 1.57. The van der Waals surface area contributed by atoms with E-state index >= 15 is 0 Å². The predicted molar refractivity (Wildman–Crippen MR) is 84.9 cm³/mol. The first-order chi connectivity index (χ1) is 10.5. The Morgan fingerprint density at radius 1 is 1.23 bits per heavy atom. The molecule has 1 heterocycles. The first-order valence-electron chi connectivity index (χ1n) is 7.66. The minimum atomic E-state index is -0.0959. The van der Waals surface area contributed by atoms with E-state index in [1.807, 2.05) is 36.9 Å². The van der Waals surface area contributed by atoms with Crippen LogP contribution in [0.1, 0.15) is 34.3 Å². The van der Waals surface area contributed by atoms with Crippen LogP contribution in [0.25, 0.3) is 0 Å². The summed E-state index contributed by atoms with van der Waals surface area (Å²) in [7, 11) is 1.50. The summed E-state index contributed by atoms with van der Waals surface area (Å²) in [4.78, 5) is 25.9. The van der Waals surface area contributed by atoms with Gasteiger partial charge < -0.3 is 15.0 Å². The molecule has 1 N–H and O–H groups in total. The molecule has 1 fully saturated rings. The molecule has 1 aliphatic heterocycles. The molecule has 2 rings (SSSR count). The molecule has 0 aliphatic carbocycles. The molecule has 1 aliphatic rings. The number of nitrogens with one attached hydrogen (secondary N) is 1. The van der Waals surface area contributed by atoms with Crippen LogP contribution in [0, 0.1) is 13.8 Å². The molecule has 0 aromatic heterocycles. The van der Waals surface area contributed by atoms with Gasteiger partial charge in [-0.1, -0.05) is 6.07 Å². The van der Waals surface area contributed by atoms with E-state index in [0.717, 1.165) is 24.0 Å². The summed E-state index contributed by atoms with van der Waals surface area (Å²) in [6, 6.07) is 5.95. The Hall–Kier alpha value is -1.88. The number of amides is 2. The Labute approximate surface area is 131 Å². The third kappa shape index (κ3) is 4.07. The molecule has 2 amide bonds. The van der Waals surface area contributed by atoms with Gasteiger partial charge >= 0.3 is 0 Å². The number of carbonyl (C=O) groups is 2. The summed E-state index contributed by atoms with van der Waals surface area (Å²) in [5, 5.41) is 2.93. The van der Waals surface area contributed by atoms with Crippen LogP contribution in [-0.4, -0.2) is 49.6 Å². The fourth-order valence-electron chi connectivity index (χ4n) is 2.68. The normalized spacial score (nSPS) is 15.7. The van der Waals surface area contributed by atoms with E-state index < -0.39 is 0 Å². The van der Waals surface area contributed by atoms with Crippen molar-refractivity contribution in [1.82, 2.24) is 10.2 Å². The molecule has 0 saturated carbocycles. The zero-order chi connectivity index (χ0) is 16.1. The standard InChI is InChI=1S/C17H24N2O3/c1-12-4-5-14(10-13(12)2)17(21)19-8-6-15(7-9-19)18-16(20)11-22-3/h4-5,10,15H,6-9,11H2,1-3H3,(H,18,20). The molecular formula is C17H24N2O3. The molecule has 5 nitrogen and oxygen atoms in total. The van der Waals surface area contributed by atoms with E-state index in [1.54, 1.807) is 0 Å². The van der Waals surface area contributed by atoms with Crippen molar-refractivity contribution >= 4 is 11.8 Å². The van der Waals surface area contributed by atoms with Gasteiger partial charge in [0.25, 0.3) is 5.91 Å². The number of aryl methyl sites for hydroxylation is 2. The molecule has 0 spiro atoms. The minimum absolute atomic E-state index is 0.0739. The largest absolute Gasteiger partial charge is 0.375 e. The SMILES string of the molecule is COCC(=O)NC1CCN(C(=O)c2ccc(C)c(C)c2)CC1. The smallest absolute Gasteiger partial charge is 0.253 e. The lowest BCUT2D eigenvalue weighted by Crippen LogP contribution is -2.47. The van der Waals surface area contributed by atoms with Crippen molar-refractivity contribution in [3.8, 4) is 0 Å². The van der Waals surface area contributed by atoms with Crippen molar-refractivity contribution in [1.29, 1.82) is 0 Å². The highest BCUT2D eigenvalue weighted by Crippen LogP contribution is 2.16. The van der Waals surface area contributed by atoms with E-state index in [-0.39, 0.29) is 24.5 Å². The van der Waals surface area contributed by atoms with Gasteiger partial charge in [-0.05, 0) is 49.9 Å². The lowest BCUT2D eigenvalue weighted by Gasteiger charge is -2.32. The third-order valence-corrected chi connectivity index (χ3v) is 4.18. The number of carbonyl (C=O) groups excluding carboxylic acids is 2. The molecule has 22 heavy (non-hydrogen) atoms. The molecule has 0 bridgehead atoms. The van der Waals surface area contributed by atoms with E-state index in [2.05, 4.69) is 5.32 Å². The molecule has 1 saturated heterocycles. The molecule has 0 unspecified atom stereocenters. The molecule has 1 aromatic carbocycles. The van der Waals surface area contributed by atoms with Crippen molar-refractivity contribution in [2.45, 2.75) is 32.7 Å². The van der Waals surface area contributed by atoms with E-state index in [9.17, 15) is 9.59 Å². The Morgan fingerprint density at radius 3 is 2.50 bits per heavy atom. The van der Waals surface area contributed by atoms with Crippen LogP contribution in [0.4, 0.5) is 0 Å². The van der Waals surface area contributed by atoms with Crippen LogP contribution in [0.3, 0.4) is 0 Å². The van der Waals surface area contributed by atoms with E-state index in [0.29, 0.717) is 13.1 Å². The lowest BCUT2D eigenvalue weighted by molar-refractivity contribution is -0.125. The van der Waals surface area contributed by atoms with Gasteiger partial charge in [-0.25, -0.2) is 0 Å². The van der Waals surface area contributed by atoms with Gasteiger partial charge in [0.05, 0.1) is 0 Å². The van der Waals surface area contributed by atoms with Gasteiger partial charge in [0, 0.05) is 31.8 Å². The molecule has 5 heteroatoms. The monoisotopic (exact) mass is 304 g/mol. The number of methoxy groups -OCH3 is 1. The second kappa shape index (κ2) is 7.40. The number of rotatable bonds is 4. The van der Waals surface area contributed by atoms with E-state index in [1.165, 1.54) is 12.7 Å². The van der Waals surface area contributed by atoms with Crippen LogP contribution >= 0.6 is 0 Å². The van der Waals surface area contributed by atoms with Crippen LogP contribution in [-0.2, 0) is 9.53 Å². The summed E-state index contributed by atoms with van der Waals surface area (Å²) in [5.41, 5.74) is 3.06. The number of ether oxygens (including phenoxy) is 1. The number of hydrogen-bond acceptors (Lipinski definition) is 3. The second-order valence-electron chi connectivity index (χ2n) is 5.87. The first kappa shape index (κ1) is 16.5. The highest BCUT2D eigenvalue weighted by atomic mass is 16.5. The lowest BCUT2D eigenvalue weighted by atomic mass is 10.0. The number of benzene rings is 1. The maximum Gasteiger partial charge on any atom is 0.253 e. The summed E-state index contributed by atoms with van der Waals surface area (Å²) in [5.74, 6) is -0.0220. The highest BCUT2D eigenvalue weighted by molar-refractivity contribution is 5.94. The summed E-state index contributed by atoms with van der Waals surface area (Å²) in [6.45, 7) is 5.48. The van der Waals surface area contributed by atoms with Gasteiger partial charge in [-0.3, -0.25) is 9.59 Å². The topological polar surface area (TPSA) is 58.6 Å². The van der Waals surface area contributed by atoms with Crippen molar-refractivity contribution in [3.63, 3.8) is 0 Å². The van der Waals surface area contributed by atoms with Gasteiger partial charge in [0.1, 0.15) is 6.61 Å². The van der Waals surface area contributed by atoms with Crippen LogP contribution in [0.2, 0.25) is 0 Å². The zero-order valence-electron chi connectivity index (χ0n) is 13.5. The van der Waals surface area contributed by atoms with Crippen LogP contribution < -0.4 is 5.32 Å². The molecule has 120 valence electrons. The van der Waals surface area contributed by atoms with Crippen LogP contribution in [0.15, 0.2) is 18.2 Å².